The molecule has 0 N–H and O–H groups in total. The maximum Gasteiger partial charge on any atom is 0.374 e. The van der Waals surface area contributed by atoms with Gasteiger partial charge in [-0.25, -0.2) is 4.79 Å². The molecule has 3 rings (SSSR count). The third-order valence-corrected chi connectivity index (χ3v) is 3.98. The van der Waals surface area contributed by atoms with Gasteiger partial charge in [0.25, 0.3) is 0 Å². The van der Waals surface area contributed by atoms with Crippen LogP contribution >= 0.6 is 11.6 Å². The molecule has 25 heavy (non-hydrogen) atoms. The van der Waals surface area contributed by atoms with Gasteiger partial charge in [0.1, 0.15) is 30.3 Å². The van der Waals surface area contributed by atoms with Gasteiger partial charge < -0.3 is 18.6 Å². The predicted molar refractivity (Wildman–Crippen MR) is 94.7 cm³/mol. The van der Waals surface area contributed by atoms with E-state index < -0.39 is 5.97 Å². The van der Waals surface area contributed by atoms with Crippen LogP contribution in [-0.4, -0.2) is 26.3 Å². The van der Waals surface area contributed by atoms with Crippen LogP contribution in [0.5, 0.6) is 11.5 Å². The highest BCUT2D eigenvalue weighted by Gasteiger charge is 2.19. The summed E-state index contributed by atoms with van der Waals surface area (Å²) in [7, 11) is 1.59. The Bertz CT molecular complexity index is 883. The number of ether oxygens (including phenoxy) is 3. The number of halogens is 1. The van der Waals surface area contributed by atoms with Gasteiger partial charge in [-0.3, -0.25) is 0 Å². The van der Waals surface area contributed by atoms with Crippen LogP contribution in [0.4, 0.5) is 0 Å². The van der Waals surface area contributed by atoms with Gasteiger partial charge in [-0.15, -0.1) is 0 Å². The Hall–Kier alpha value is -2.66. The van der Waals surface area contributed by atoms with Gasteiger partial charge in [0, 0.05) is 16.0 Å². The summed E-state index contributed by atoms with van der Waals surface area (Å²) >= 11 is 5.81. The van der Waals surface area contributed by atoms with Gasteiger partial charge in [0.05, 0.1) is 7.11 Å². The van der Waals surface area contributed by atoms with E-state index in [-0.39, 0.29) is 19.0 Å². The Morgan fingerprint density at radius 3 is 2.52 bits per heavy atom. The lowest BCUT2D eigenvalue weighted by Gasteiger charge is -2.06. The fourth-order valence-corrected chi connectivity index (χ4v) is 2.54. The van der Waals surface area contributed by atoms with Gasteiger partial charge in [0.15, 0.2) is 0 Å². The number of rotatable bonds is 6. The van der Waals surface area contributed by atoms with E-state index in [0.29, 0.717) is 22.1 Å². The monoisotopic (exact) mass is 360 g/mol. The highest BCUT2D eigenvalue weighted by Crippen LogP contribution is 2.29. The Balaban J connectivity index is 1.60. The second-order valence-corrected chi connectivity index (χ2v) is 5.79. The maximum absolute atomic E-state index is 12.2. The number of carbonyl (C=O) groups excluding carboxylic acids is 1. The van der Waals surface area contributed by atoms with Gasteiger partial charge in [0.2, 0.25) is 5.76 Å². The average Bonchev–Trinajstić information content (AvgIpc) is 2.96. The van der Waals surface area contributed by atoms with Crippen molar-refractivity contribution < 1.29 is 23.4 Å². The molecule has 0 aliphatic rings. The largest absolute Gasteiger partial charge is 0.497 e. The summed E-state index contributed by atoms with van der Waals surface area (Å²) in [5, 5.41) is 1.46. The molecule has 0 radical (unpaired) electrons. The van der Waals surface area contributed by atoms with Gasteiger partial charge >= 0.3 is 5.97 Å². The number of aryl methyl sites for hydroxylation is 1. The molecule has 0 bridgehead atoms. The van der Waals surface area contributed by atoms with Crippen molar-refractivity contribution in [1.29, 1.82) is 0 Å². The van der Waals surface area contributed by atoms with Crippen molar-refractivity contribution in [2.45, 2.75) is 6.92 Å². The van der Waals surface area contributed by atoms with Crippen molar-refractivity contribution in [3.8, 4) is 11.5 Å². The predicted octanol–water partition coefficient (Wildman–Crippen LogP) is 4.64. The number of furan rings is 1. The Morgan fingerprint density at radius 2 is 1.80 bits per heavy atom. The van der Waals surface area contributed by atoms with Crippen LogP contribution in [-0.2, 0) is 4.74 Å². The van der Waals surface area contributed by atoms with E-state index in [2.05, 4.69) is 0 Å². The van der Waals surface area contributed by atoms with E-state index >= 15 is 0 Å². The van der Waals surface area contributed by atoms with Crippen molar-refractivity contribution in [3.63, 3.8) is 0 Å². The first-order chi connectivity index (χ1) is 12.1. The molecule has 0 spiro atoms. The van der Waals surface area contributed by atoms with Gasteiger partial charge in [-0.05, 0) is 49.4 Å². The van der Waals surface area contributed by atoms with Crippen molar-refractivity contribution in [2.24, 2.45) is 0 Å². The van der Waals surface area contributed by atoms with E-state index in [4.69, 9.17) is 30.2 Å². The zero-order valence-electron chi connectivity index (χ0n) is 13.9. The smallest absolute Gasteiger partial charge is 0.374 e. The summed E-state index contributed by atoms with van der Waals surface area (Å²) in [6.45, 7) is 2.16. The molecule has 2 aromatic carbocycles. The molecule has 0 unspecified atom stereocenters. The molecule has 1 heterocycles. The summed E-state index contributed by atoms with van der Waals surface area (Å²) in [6, 6.07) is 12.3. The lowest BCUT2D eigenvalue weighted by Crippen LogP contribution is -2.12. The highest BCUT2D eigenvalue weighted by molar-refractivity contribution is 6.30. The summed E-state index contributed by atoms with van der Waals surface area (Å²) in [4.78, 5) is 12.2. The molecule has 0 amide bonds. The molecule has 0 fully saturated rings. The fraction of sp³-hybridized carbons (Fsp3) is 0.211. The van der Waals surface area contributed by atoms with Crippen molar-refractivity contribution >= 4 is 28.5 Å². The van der Waals surface area contributed by atoms with Crippen LogP contribution in [0.2, 0.25) is 5.02 Å². The Kier molecular flexibility index (Phi) is 5.14. The first-order valence-electron chi connectivity index (χ1n) is 7.71. The maximum atomic E-state index is 12.2. The van der Waals surface area contributed by atoms with E-state index in [9.17, 15) is 4.79 Å². The lowest BCUT2D eigenvalue weighted by molar-refractivity contribution is 0.0416. The van der Waals surface area contributed by atoms with Crippen LogP contribution in [0, 0.1) is 6.92 Å². The minimum atomic E-state index is -0.521. The van der Waals surface area contributed by atoms with Gasteiger partial charge in [-0.2, -0.15) is 0 Å². The highest BCUT2D eigenvalue weighted by atomic mass is 35.5. The number of benzene rings is 2. The van der Waals surface area contributed by atoms with E-state index in [1.165, 1.54) is 0 Å². The summed E-state index contributed by atoms with van der Waals surface area (Å²) < 4.78 is 21.5. The normalized spacial score (nSPS) is 10.7. The zero-order chi connectivity index (χ0) is 17.8. The number of hydrogen-bond acceptors (Lipinski definition) is 5. The second-order valence-electron chi connectivity index (χ2n) is 5.36. The number of fused-ring (bicyclic) bond motifs is 1. The van der Waals surface area contributed by atoms with Gasteiger partial charge in [-0.1, -0.05) is 11.6 Å². The standard InChI is InChI=1S/C19H17ClO5/c1-12-16-11-15(22-2)7-8-17(16)25-18(12)19(21)24-10-9-23-14-5-3-13(20)4-6-14/h3-8,11H,9-10H2,1-2H3. The van der Waals surface area contributed by atoms with Crippen molar-refractivity contribution in [2.75, 3.05) is 20.3 Å². The van der Waals surface area contributed by atoms with Crippen molar-refractivity contribution in [1.82, 2.24) is 0 Å². The number of methoxy groups -OCH3 is 1. The third kappa shape index (κ3) is 3.88. The molecule has 0 atom stereocenters. The molecule has 0 aliphatic heterocycles. The molecule has 3 aromatic rings. The molecular weight excluding hydrogens is 344 g/mol. The molecule has 5 nitrogen and oxygen atoms in total. The van der Waals surface area contributed by atoms with Crippen LogP contribution in [0.1, 0.15) is 16.1 Å². The fourth-order valence-electron chi connectivity index (χ4n) is 2.41. The molecule has 1 aromatic heterocycles. The quantitative estimate of drug-likeness (QED) is 0.473. The summed E-state index contributed by atoms with van der Waals surface area (Å²) in [5.41, 5.74) is 1.33. The zero-order valence-corrected chi connectivity index (χ0v) is 14.6. The number of hydrogen-bond donors (Lipinski definition) is 0. The van der Waals surface area contributed by atoms with E-state index in [0.717, 1.165) is 10.9 Å². The summed E-state index contributed by atoms with van der Waals surface area (Å²) in [6.07, 6.45) is 0. The molecule has 0 saturated heterocycles. The minimum Gasteiger partial charge on any atom is -0.497 e. The first kappa shape index (κ1) is 17.2. The molecular formula is C19H17ClO5. The van der Waals surface area contributed by atoms with Crippen LogP contribution in [0.3, 0.4) is 0 Å². The number of carbonyl (C=O) groups is 1. The molecule has 130 valence electrons. The molecule has 6 heteroatoms. The topological polar surface area (TPSA) is 57.9 Å². The molecule has 0 aliphatic carbocycles. The second kappa shape index (κ2) is 7.49. The number of esters is 1. The van der Waals surface area contributed by atoms with Crippen LogP contribution in [0.25, 0.3) is 11.0 Å². The van der Waals surface area contributed by atoms with Crippen molar-refractivity contribution in [3.05, 3.63) is 58.8 Å². The lowest BCUT2D eigenvalue weighted by atomic mass is 10.1. The SMILES string of the molecule is COc1ccc2oc(C(=O)OCCOc3ccc(Cl)cc3)c(C)c2c1. The van der Waals surface area contributed by atoms with E-state index in [1.54, 1.807) is 43.5 Å². The van der Waals surface area contributed by atoms with Crippen LogP contribution in [0.15, 0.2) is 46.9 Å². The van der Waals surface area contributed by atoms with Crippen LogP contribution < -0.4 is 9.47 Å². The first-order valence-corrected chi connectivity index (χ1v) is 8.09. The minimum absolute atomic E-state index is 0.112. The average molecular weight is 361 g/mol. The molecule has 0 saturated carbocycles. The van der Waals surface area contributed by atoms with E-state index in [1.807, 2.05) is 13.0 Å². The Labute approximate surface area is 150 Å². The third-order valence-electron chi connectivity index (χ3n) is 3.73. The summed E-state index contributed by atoms with van der Waals surface area (Å²) in [5.74, 6) is 1.03. The Morgan fingerprint density at radius 1 is 1.08 bits per heavy atom.